The number of rotatable bonds is 8. The highest BCUT2D eigenvalue weighted by Crippen LogP contribution is 2.00. The number of nitrogens with two attached hydrogens (primary N) is 1. The zero-order chi connectivity index (χ0) is 13.4. The number of aliphatic carboxylic acids is 1. The van der Waals surface area contributed by atoms with E-state index in [4.69, 9.17) is 15.6 Å². The van der Waals surface area contributed by atoms with Crippen molar-refractivity contribution >= 4 is 11.9 Å². The van der Waals surface area contributed by atoms with E-state index in [1.54, 1.807) is 0 Å². The van der Waals surface area contributed by atoms with Crippen molar-refractivity contribution in [3.05, 3.63) is 0 Å². The highest BCUT2D eigenvalue weighted by molar-refractivity contribution is 5.82. The molecule has 0 aliphatic carbocycles. The maximum Gasteiger partial charge on any atom is 0.303 e. The number of carbonyl (C=O) groups is 2. The third-order valence-corrected chi connectivity index (χ3v) is 2.21. The molecule has 1 amide bonds. The zero-order valence-corrected chi connectivity index (χ0v) is 10.1. The Morgan fingerprint density at radius 3 is 2.53 bits per heavy atom. The van der Waals surface area contributed by atoms with Crippen molar-refractivity contribution in [2.24, 2.45) is 5.73 Å². The van der Waals surface area contributed by atoms with E-state index in [-0.39, 0.29) is 31.9 Å². The third-order valence-electron chi connectivity index (χ3n) is 2.21. The zero-order valence-electron chi connectivity index (χ0n) is 10.1. The molecule has 7 heteroatoms. The minimum absolute atomic E-state index is 0.0822. The van der Waals surface area contributed by atoms with Crippen molar-refractivity contribution < 1.29 is 24.5 Å². The number of likely N-dealkylation sites (N-methyl/N-ethyl adjacent to an activating group) is 1. The predicted molar refractivity (Wildman–Crippen MR) is 60.4 cm³/mol. The molecule has 4 N–H and O–H groups in total. The summed E-state index contributed by atoms with van der Waals surface area (Å²) >= 11 is 0. The van der Waals surface area contributed by atoms with E-state index in [0.29, 0.717) is 0 Å². The molecule has 0 aliphatic heterocycles. The molecule has 0 spiro atoms. The van der Waals surface area contributed by atoms with E-state index in [2.05, 4.69) is 0 Å². The summed E-state index contributed by atoms with van der Waals surface area (Å²) in [5.41, 5.74) is 5.55. The second-order valence-corrected chi connectivity index (χ2v) is 3.87. The molecule has 0 aromatic rings. The maximum atomic E-state index is 11.7. The van der Waals surface area contributed by atoms with Gasteiger partial charge in [0.05, 0.1) is 18.8 Å². The number of nitrogens with zero attached hydrogens (tertiary/aromatic N) is 1. The Bertz CT molecular complexity index is 259. The van der Waals surface area contributed by atoms with E-state index in [9.17, 15) is 14.7 Å². The van der Waals surface area contributed by atoms with E-state index >= 15 is 0 Å². The Labute approximate surface area is 100 Å². The first-order valence-corrected chi connectivity index (χ1v) is 5.27. The van der Waals surface area contributed by atoms with Gasteiger partial charge >= 0.3 is 5.97 Å². The van der Waals surface area contributed by atoms with Gasteiger partial charge in [0.1, 0.15) is 0 Å². The molecule has 0 aliphatic rings. The van der Waals surface area contributed by atoms with E-state index in [0.717, 1.165) is 0 Å². The molecule has 0 saturated carbocycles. The first-order valence-electron chi connectivity index (χ1n) is 5.27. The molecule has 0 radical (unpaired) electrons. The standard InChI is InChI=1S/C10H20N2O5/c1-12(5-7(13)6-17-2)10(16)8(11)3-4-9(14)15/h7-8,13H,3-6,11H2,1-2H3,(H,14,15). The first kappa shape index (κ1) is 15.8. The lowest BCUT2D eigenvalue weighted by Gasteiger charge is -2.23. The van der Waals surface area contributed by atoms with Crippen LogP contribution in [0.5, 0.6) is 0 Å². The Kier molecular flexibility index (Phi) is 7.44. The van der Waals surface area contributed by atoms with Crippen LogP contribution in [0.3, 0.4) is 0 Å². The van der Waals surface area contributed by atoms with Crippen LogP contribution in [0.2, 0.25) is 0 Å². The topological polar surface area (TPSA) is 113 Å². The molecule has 2 unspecified atom stereocenters. The van der Waals surface area contributed by atoms with Gasteiger partial charge in [-0.05, 0) is 6.42 Å². The molecule has 100 valence electrons. The van der Waals surface area contributed by atoms with Crippen LogP contribution in [0, 0.1) is 0 Å². The highest BCUT2D eigenvalue weighted by atomic mass is 16.5. The van der Waals surface area contributed by atoms with Gasteiger partial charge in [-0.15, -0.1) is 0 Å². The fraction of sp³-hybridized carbons (Fsp3) is 0.800. The molecule has 0 fully saturated rings. The van der Waals surface area contributed by atoms with Crippen LogP contribution >= 0.6 is 0 Å². The van der Waals surface area contributed by atoms with Crippen molar-refractivity contribution in [3.8, 4) is 0 Å². The predicted octanol–water partition coefficient (Wildman–Crippen LogP) is -1.36. The lowest BCUT2D eigenvalue weighted by molar-refractivity contribution is -0.137. The molecule has 0 aromatic heterocycles. The third kappa shape index (κ3) is 6.88. The van der Waals surface area contributed by atoms with Crippen molar-refractivity contribution in [2.75, 3.05) is 27.3 Å². The van der Waals surface area contributed by atoms with E-state index in [1.165, 1.54) is 19.1 Å². The van der Waals surface area contributed by atoms with E-state index < -0.39 is 18.1 Å². The van der Waals surface area contributed by atoms with Crippen LogP contribution in [0.15, 0.2) is 0 Å². The number of carbonyl (C=O) groups excluding carboxylic acids is 1. The second kappa shape index (κ2) is 7.99. The van der Waals surface area contributed by atoms with Gasteiger partial charge in [0.15, 0.2) is 0 Å². The summed E-state index contributed by atoms with van der Waals surface area (Å²) in [7, 11) is 2.95. The second-order valence-electron chi connectivity index (χ2n) is 3.87. The Morgan fingerprint density at radius 2 is 2.06 bits per heavy atom. The fourth-order valence-corrected chi connectivity index (χ4v) is 1.34. The van der Waals surface area contributed by atoms with Crippen LogP contribution in [0.4, 0.5) is 0 Å². The lowest BCUT2D eigenvalue weighted by Crippen LogP contribution is -2.45. The number of amides is 1. The van der Waals surface area contributed by atoms with E-state index in [1.807, 2.05) is 0 Å². The number of hydrogen-bond donors (Lipinski definition) is 3. The molecule has 0 aromatic carbocycles. The number of hydrogen-bond acceptors (Lipinski definition) is 5. The SMILES string of the molecule is COCC(O)CN(C)C(=O)C(N)CCC(=O)O. The van der Waals surface area contributed by atoms with Crippen molar-refractivity contribution in [1.29, 1.82) is 0 Å². The smallest absolute Gasteiger partial charge is 0.303 e. The van der Waals surface area contributed by atoms with Crippen LogP contribution in [0.1, 0.15) is 12.8 Å². The summed E-state index contributed by atoms with van der Waals surface area (Å²) in [6.45, 7) is 0.232. The molecular formula is C10H20N2O5. The van der Waals surface area contributed by atoms with Gasteiger partial charge in [0, 0.05) is 27.1 Å². The van der Waals surface area contributed by atoms with Crippen LogP contribution in [0.25, 0.3) is 0 Å². The molecule has 0 heterocycles. The highest BCUT2D eigenvalue weighted by Gasteiger charge is 2.20. The van der Waals surface area contributed by atoms with Crippen molar-refractivity contribution in [1.82, 2.24) is 4.90 Å². The fourth-order valence-electron chi connectivity index (χ4n) is 1.34. The lowest BCUT2D eigenvalue weighted by atomic mass is 10.1. The normalized spacial score (nSPS) is 14.1. The maximum absolute atomic E-state index is 11.7. The summed E-state index contributed by atoms with van der Waals surface area (Å²) in [6.07, 6.45) is -0.846. The number of aliphatic hydroxyl groups is 1. The summed E-state index contributed by atoms with van der Waals surface area (Å²) in [5, 5.41) is 17.9. The average Bonchev–Trinajstić information content (AvgIpc) is 2.24. The van der Waals surface area contributed by atoms with Crippen LogP contribution in [-0.4, -0.2) is 66.4 Å². The van der Waals surface area contributed by atoms with Crippen molar-refractivity contribution in [3.63, 3.8) is 0 Å². The molecule has 0 rings (SSSR count). The van der Waals surface area contributed by atoms with Gasteiger partial charge < -0.3 is 25.6 Å². The Hall–Kier alpha value is -1.18. The van der Waals surface area contributed by atoms with Gasteiger partial charge in [0.25, 0.3) is 0 Å². The number of carboxylic acid groups (broad SMARTS) is 1. The molecule has 0 saturated heterocycles. The summed E-state index contributed by atoms with van der Waals surface area (Å²) in [5.74, 6) is -1.38. The van der Waals surface area contributed by atoms with Crippen LogP contribution < -0.4 is 5.73 Å². The number of methoxy groups -OCH3 is 1. The quantitative estimate of drug-likeness (QED) is 0.489. The summed E-state index contributed by atoms with van der Waals surface area (Å²) in [4.78, 5) is 23.2. The van der Waals surface area contributed by atoms with Gasteiger partial charge in [0.2, 0.25) is 5.91 Å². The Balaban J connectivity index is 4.06. The van der Waals surface area contributed by atoms with Gasteiger partial charge in [-0.1, -0.05) is 0 Å². The largest absolute Gasteiger partial charge is 0.481 e. The van der Waals surface area contributed by atoms with Gasteiger partial charge in [-0.3, -0.25) is 9.59 Å². The average molecular weight is 248 g/mol. The summed E-state index contributed by atoms with van der Waals surface area (Å²) < 4.78 is 4.73. The van der Waals surface area contributed by atoms with Gasteiger partial charge in [-0.2, -0.15) is 0 Å². The minimum atomic E-state index is -0.990. The molecule has 7 nitrogen and oxygen atoms in total. The monoisotopic (exact) mass is 248 g/mol. The molecule has 2 atom stereocenters. The molecule has 0 bridgehead atoms. The Morgan fingerprint density at radius 1 is 1.47 bits per heavy atom. The number of aliphatic hydroxyl groups excluding tert-OH is 1. The number of ether oxygens (including phenoxy) is 1. The minimum Gasteiger partial charge on any atom is -0.481 e. The van der Waals surface area contributed by atoms with Crippen molar-refractivity contribution in [2.45, 2.75) is 25.0 Å². The molecular weight excluding hydrogens is 228 g/mol. The van der Waals surface area contributed by atoms with Gasteiger partial charge in [-0.25, -0.2) is 0 Å². The summed E-state index contributed by atoms with van der Waals surface area (Å²) in [6, 6.07) is -0.856. The first-order chi connectivity index (χ1) is 7.88. The van der Waals surface area contributed by atoms with Crippen LogP contribution in [-0.2, 0) is 14.3 Å². The molecule has 17 heavy (non-hydrogen) atoms. The number of carboxylic acids is 1.